The Morgan fingerprint density at radius 3 is 2.39 bits per heavy atom. The molecular weight excluding hydrogens is 264 g/mol. The minimum atomic E-state index is 0.0313. The Morgan fingerprint density at radius 2 is 1.83 bits per heavy atom. The molecule has 0 unspecified atom stereocenters. The molecule has 0 amide bonds. The van der Waals surface area contributed by atoms with Crippen molar-refractivity contribution in [1.82, 2.24) is 0 Å². The summed E-state index contributed by atoms with van der Waals surface area (Å²) in [6.45, 7) is 2.06. The fraction of sp³-hybridized carbons (Fsp3) is 0.0714. The molecule has 2 aromatic rings. The largest absolute Gasteiger partial charge is 0.384 e. The SMILES string of the molecule is Cc1ccc(Sc2ccc(C(=N)N)cc2Cl)cc1. The molecule has 2 aromatic carbocycles. The zero-order valence-corrected chi connectivity index (χ0v) is 11.5. The Hall–Kier alpha value is -1.45. The van der Waals surface area contributed by atoms with Crippen molar-refractivity contribution in [2.45, 2.75) is 16.7 Å². The Balaban J connectivity index is 2.24. The second-order valence-electron chi connectivity index (χ2n) is 3.97. The van der Waals surface area contributed by atoms with E-state index in [9.17, 15) is 0 Å². The summed E-state index contributed by atoms with van der Waals surface area (Å²) >= 11 is 7.78. The molecule has 0 fully saturated rings. The Morgan fingerprint density at radius 1 is 1.17 bits per heavy atom. The maximum absolute atomic E-state index is 7.36. The molecule has 3 N–H and O–H groups in total. The van der Waals surface area contributed by atoms with Crippen LogP contribution < -0.4 is 5.73 Å². The highest BCUT2D eigenvalue weighted by Crippen LogP contribution is 2.33. The van der Waals surface area contributed by atoms with E-state index >= 15 is 0 Å². The lowest BCUT2D eigenvalue weighted by Crippen LogP contribution is -2.10. The van der Waals surface area contributed by atoms with Gasteiger partial charge in [0.05, 0.1) is 5.02 Å². The predicted octanol–water partition coefficient (Wildman–Crippen LogP) is 4.08. The molecule has 18 heavy (non-hydrogen) atoms. The summed E-state index contributed by atoms with van der Waals surface area (Å²) in [7, 11) is 0. The standard InChI is InChI=1S/C14H13ClN2S/c1-9-2-5-11(6-3-9)18-13-7-4-10(14(16)17)8-12(13)15/h2-8H,1H3,(H3,16,17). The van der Waals surface area contributed by atoms with Crippen LogP contribution in [-0.2, 0) is 0 Å². The molecule has 0 heterocycles. The first kappa shape index (κ1) is 13.0. The van der Waals surface area contributed by atoms with Gasteiger partial charge in [0.2, 0.25) is 0 Å². The van der Waals surface area contributed by atoms with Crippen molar-refractivity contribution in [2.75, 3.05) is 0 Å². The maximum atomic E-state index is 7.36. The number of hydrogen-bond acceptors (Lipinski definition) is 2. The second kappa shape index (κ2) is 5.46. The number of nitrogens with two attached hydrogens (primary N) is 1. The van der Waals surface area contributed by atoms with Gasteiger partial charge in [0.15, 0.2) is 0 Å². The van der Waals surface area contributed by atoms with Crippen LogP contribution in [0.2, 0.25) is 5.02 Å². The van der Waals surface area contributed by atoms with Crippen LogP contribution in [0.4, 0.5) is 0 Å². The number of aryl methyl sites for hydroxylation is 1. The van der Waals surface area contributed by atoms with Gasteiger partial charge in [-0.1, -0.05) is 47.1 Å². The van der Waals surface area contributed by atoms with Crippen molar-refractivity contribution in [3.05, 3.63) is 58.6 Å². The van der Waals surface area contributed by atoms with E-state index in [0.717, 1.165) is 9.79 Å². The van der Waals surface area contributed by atoms with Crippen LogP contribution in [0.15, 0.2) is 52.3 Å². The third-order valence-corrected chi connectivity index (χ3v) is 4.00. The van der Waals surface area contributed by atoms with E-state index in [1.54, 1.807) is 17.8 Å². The monoisotopic (exact) mass is 276 g/mol. The summed E-state index contributed by atoms with van der Waals surface area (Å²) in [5.74, 6) is 0.0313. The van der Waals surface area contributed by atoms with Gasteiger partial charge in [-0.3, -0.25) is 5.41 Å². The van der Waals surface area contributed by atoms with Gasteiger partial charge in [0.1, 0.15) is 5.84 Å². The lowest BCUT2D eigenvalue weighted by Gasteiger charge is -2.06. The van der Waals surface area contributed by atoms with E-state index in [2.05, 4.69) is 31.2 Å². The molecule has 0 aliphatic rings. The van der Waals surface area contributed by atoms with Crippen LogP contribution in [0, 0.1) is 12.3 Å². The molecule has 0 bridgehead atoms. The minimum absolute atomic E-state index is 0.0313. The topological polar surface area (TPSA) is 49.9 Å². The van der Waals surface area contributed by atoms with E-state index < -0.39 is 0 Å². The third kappa shape index (κ3) is 3.06. The quantitative estimate of drug-likeness (QED) is 0.655. The van der Waals surface area contributed by atoms with Crippen molar-refractivity contribution < 1.29 is 0 Å². The molecule has 0 aromatic heterocycles. The number of hydrogen-bond donors (Lipinski definition) is 2. The highest BCUT2D eigenvalue weighted by molar-refractivity contribution is 7.99. The molecular formula is C14H13ClN2S. The summed E-state index contributed by atoms with van der Waals surface area (Å²) in [4.78, 5) is 2.10. The van der Waals surface area contributed by atoms with Crippen LogP contribution >= 0.6 is 23.4 Å². The predicted molar refractivity (Wildman–Crippen MR) is 77.8 cm³/mol. The maximum Gasteiger partial charge on any atom is 0.122 e. The zero-order valence-electron chi connectivity index (χ0n) is 9.91. The first-order chi connectivity index (χ1) is 8.56. The normalized spacial score (nSPS) is 10.3. The molecule has 2 nitrogen and oxygen atoms in total. The summed E-state index contributed by atoms with van der Waals surface area (Å²) in [6, 6.07) is 13.7. The number of nitrogens with one attached hydrogen (secondary N) is 1. The first-order valence-corrected chi connectivity index (χ1v) is 6.64. The van der Waals surface area contributed by atoms with Crippen LogP contribution in [0.5, 0.6) is 0 Å². The summed E-state index contributed by atoms with van der Waals surface area (Å²) in [6.07, 6.45) is 0. The smallest absolute Gasteiger partial charge is 0.122 e. The average molecular weight is 277 g/mol. The fourth-order valence-corrected chi connectivity index (χ4v) is 2.60. The summed E-state index contributed by atoms with van der Waals surface area (Å²) < 4.78 is 0. The molecule has 0 saturated carbocycles. The van der Waals surface area contributed by atoms with Gasteiger partial charge in [-0.2, -0.15) is 0 Å². The Bertz CT molecular complexity index is 579. The lowest BCUT2D eigenvalue weighted by atomic mass is 10.2. The van der Waals surface area contributed by atoms with Gasteiger partial charge in [-0.25, -0.2) is 0 Å². The van der Waals surface area contributed by atoms with Crippen LogP contribution in [0.25, 0.3) is 0 Å². The van der Waals surface area contributed by atoms with Crippen LogP contribution in [0.1, 0.15) is 11.1 Å². The summed E-state index contributed by atoms with van der Waals surface area (Å²) in [5.41, 5.74) is 7.30. The molecule has 4 heteroatoms. The Labute approximate surface area is 116 Å². The minimum Gasteiger partial charge on any atom is -0.384 e. The highest BCUT2D eigenvalue weighted by Gasteiger charge is 2.05. The van der Waals surface area contributed by atoms with Gasteiger partial charge in [-0.15, -0.1) is 0 Å². The van der Waals surface area contributed by atoms with E-state index in [1.165, 1.54) is 5.56 Å². The highest BCUT2D eigenvalue weighted by atomic mass is 35.5. The van der Waals surface area contributed by atoms with Crippen molar-refractivity contribution in [1.29, 1.82) is 5.41 Å². The zero-order chi connectivity index (χ0) is 13.1. The van der Waals surface area contributed by atoms with Crippen molar-refractivity contribution in [3.63, 3.8) is 0 Å². The van der Waals surface area contributed by atoms with Crippen LogP contribution in [-0.4, -0.2) is 5.84 Å². The van der Waals surface area contributed by atoms with Gasteiger partial charge in [0.25, 0.3) is 0 Å². The van der Waals surface area contributed by atoms with Crippen molar-refractivity contribution in [3.8, 4) is 0 Å². The van der Waals surface area contributed by atoms with Crippen LogP contribution in [0.3, 0.4) is 0 Å². The van der Waals surface area contributed by atoms with E-state index in [-0.39, 0.29) is 5.84 Å². The molecule has 0 saturated heterocycles. The van der Waals surface area contributed by atoms with Gasteiger partial charge >= 0.3 is 0 Å². The number of rotatable bonds is 3. The first-order valence-electron chi connectivity index (χ1n) is 5.45. The number of halogens is 1. The molecule has 2 rings (SSSR count). The van der Waals surface area contributed by atoms with E-state index in [0.29, 0.717) is 10.6 Å². The van der Waals surface area contributed by atoms with E-state index in [1.807, 2.05) is 12.1 Å². The molecule has 0 atom stereocenters. The lowest BCUT2D eigenvalue weighted by molar-refractivity contribution is 1.35. The molecule has 0 spiro atoms. The summed E-state index contributed by atoms with van der Waals surface area (Å²) in [5, 5.41) is 7.98. The fourth-order valence-electron chi connectivity index (χ4n) is 1.48. The second-order valence-corrected chi connectivity index (χ2v) is 5.50. The molecule has 0 aliphatic carbocycles. The molecule has 0 radical (unpaired) electrons. The number of amidine groups is 1. The third-order valence-electron chi connectivity index (χ3n) is 2.49. The van der Waals surface area contributed by atoms with Gasteiger partial charge in [0, 0.05) is 15.4 Å². The van der Waals surface area contributed by atoms with Crippen molar-refractivity contribution >= 4 is 29.2 Å². The number of nitrogen functional groups attached to an aromatic ring is 1. The molecule has 0 aliphatic heterocycles. The average Bonchev–Trinajstić information content (AvgIpc) is 2.34. The van der Waals surface area contributed by atoms with Gasteiger partial charge < -0.3 is 5.73 Å². The van der Waals surface area contributed by atoms with E-state index in [4.69, 9.17) is 22.7 Å². The number of benzene rings is 2. The molecule has 92 valence electrons. The Kier molecular flexibility index (Phi) is 3.94. The van der Waals surface area contributed by atoms with Gasteiger partial charge in [-0.05, 0) is 31.2 Å². The van der Waals surface area contributed by atoms with Crippen molar-refractivity contribution in [2.24, 2.45) is 5.73 Å².